The Morgan fingerprint density at radius 1 is 1.46 bits per heavy atom. The van der Waals surface area contributed by atoms with Crippen molar-refractivity contribution in [3.63, 3.8) is 0 Å². The van der Waals surface area contributed by atoms with Crippen LogP contribution in [-0.2, 0) is 24.4 Å². The van der Waals surface area contributed by atoms with Crippen molar-refractivity contribution < 1.29 is 18.0 Å². The van der Waals surface area contributed by atoms with E-state index in [4.69, 9.17) is 0 Å². The lowest BCUT2D eigenvalue weighted by molar-refractivity contribution is -0.141. The van der Waals surface area contributed by atoms with E-state index >= 15 is 0 Å². The number of halogens is 3. The molecule has 2 aromatic heterocycles. The summed E-state index contributed by atoms with van der Waals surface area (Å²) in [4.78, 5) is 14.1. The molecule has 0 radical (unpaired) electrons. The van der Waals surface area contributed by atoms with Gasteiger partial charge in [0.05, 0.1) is 12.6 Å². The average Bonchev–Trinajstić information content (AvgIpc) is 3.16. The summed E-state index contributed by atoms with van der Waals surface area (Å²) in [6.07, 6.45) is 0.699. The van der Waals surface area contributed by atoms with Crippen LogP contribution in [0.25, 0.3) is 0 Å². The second-order valence-corrected chi connectivity index (χ2v) is 6.08. The molecule has 1 aliphatic heterocycles. The molecule has 130 valence electrons. The molecule has 0 unspecified atom stereocenters. The van der Waals surface area contributed by atoms with E-state index in [0.29, 0.717) is 18.8 Å². The summed E-state index contributed by atoms with van der Waals surface area (Å²) in [5.74, 6) is -0.191. The number of piperidine rings is 1. The van der Waals surface area contributed by atoms with Crippen molar-refractivity contribution in [3.05, 3.63) is 35.4 Å². The van der Waals surface area contributed by atoms with Gasteiger partial charge in [0.2, 0.25) is 5.91 Å². The predicted molar refractivity (Wildman–Crippen MR) is 79.1 cm³/mol. The van der Waals surface area contributed by atoms with E-state index in [-0.39, 0.29) is 18.2 Å². The van der Waals surface area contributed by atoms with Crippen molar-refractivity contribution in [2.75, 3.05) is 13.1 Å². The lowest BCUT2D eigenvalue weighted by Gasteiger charge is -2.32. The first-order chi connectivity index (χ1) is 11.3. The Morgan fingerprint density at radius 2 is 2.25 bits per heavy atom. The SMILES string of the molecule is Cn1cc(CC(=O)N2CCC[C@H](c3cc(C(F)(F)F)n[nH]3)C2)cn1. The maximum atomic E-state index is 12.7. The number of alkyl halides is 3. The summed E-state index contributed by atoms with van der Waals surface area (Å²) in [5.41, 5.74) is 0.336. The third-order valence-corrected chi connectivity index (χ3v) is 4.22. The Bertz CT molecular complexity index is 721. The number of likely N-dealkylation sites (tertiary alicyclic amines) is 1. The molecule has 9 heteroatoms. The smallest absolute Gasteiger partial charge is 0.342 e. The van der Waals surface area contributed by atoms with Crippen LogP contribution in [0, 0.1) is 0 Å². The monoisotopic (exact) mass is 341 g/mol. The number of nitrogens with zero attached hydrogens (tertiary/aromatic N) is 4. The van der Waals surface area contributed by atoms with Crippen molar-refractivity contribution >= 4 is 5.91 Å². The molecule has 3 rings (SSSR count). The average molecular weight is 341 g/mol. The molecule has 1 atom stereocenters. The first-order valence-corrected chi connectivity index (χ1v) is 7.70. The minimum Gasteiger partial charge on any atom is -0.342 e. The van der Waals surface area contributed by atoms with Gasteiger partial charge >= 0.3 is 6.18 Å². The fraction of sp³-hybridized carbons (Fsp3) is 0.533. The number of H-pyrrole nitrogens is 1. The van der Waals surface area contributed by atoms with Crippen molar-refractivity contribution in [1.82, 2.24) is 24.9 Å². The number of carbonyl (C=O) groups is 1. The third-order valence-electron chi connectivity index (χ3n) is 4.22. The number of hydrogen-bond donors (Lipinski definition) is 1. The van der Waals surface area contributed by atoms with Gasteiger partial charge < -0.3 is 4.90 Å². The van der Waals surface area contributed by atoms with Gasteiger partial charge in [-0.3, -0.25) is 14.6 Å². The molecule has 2 aromatic rings. The molecule has 0 aromatic carbocycles. The van der Waals surface area contributed by atoms with Gasteiger partial charge in [-0.2, -0.15) is 23.4 Å². The number of carbonyl (C=O) groups excluding carboxylic acids is 1. The molecular formula is C15H18F3N5O. The highest BCUT2D eigenvalue weighted by Gasteiger charge is 2.35. The zero-order valence-electron chi connectivity index (χ0n) is 13.2. The highest BCUT2D eigenvalue weighted by molar-refractivity contribution is 5.78. The van der Waals surface area contributed by atoms with Crippen LogP contribution in [-0.4, -0.2) is 43.9 Å². The van der Waals surface area contributed by atoms with E-state index in [9.17, 15) is 18.0 Å². The molecular weight excluding hydrogens is 323 g/mol. The van der Waals surface area contributed by atoms with Gasteiger partial charge in [-0.05, 0) is 24.5 Å². The molecule has 1 saturated heterocycles. The Morgan fingerprint density at radius 3 is 2.88 bits per heavy atom. The highest BCUT2D eigenvalue weighted by Crippen LogP contribution is 2.32. The first kappa shape index (κ1) is 16.5. The third kappa shape index (κ3) is 3.60. The molecule has 0 aliphatic carbocycles. The van der Waals surface area contributed by atoms with Gasteiger partial charge in [0.25, 0.3) is 0 Å². The van der Waals surface area contributed by atoms with Gasteiger partial charge in [0.15, 0.2) is 5.69 Å². The zero-order valence-corrected chi connectivity index (χ0v) is 13.2. The summed E-state index contributed by atoms with van der Waals surface area (Å²) in [6, 6.07) is 1.04. The number of aryl methyl sites for hydroxylation is 1. The largest absolute Gasteiger partial charge is 0.435 e. The van der Waals surface area contributed by atoms with Crippen LogP contribution < -0.4 is 0 Å². The fourth-order valence-corrected chi connectivity index (χ4v) is 3.00. The number of hydrogen-bond acceptors (Lipinski definition) is 3. The topological polar surface area (TPSA) is 66.8 Å². The van der Waals surface area contributed by atoms with E-state index in [1.807, 2.05) is 0 Å². The van der Waals surface area contributed by atoms with Crippen molar-refractivity contribution in [3.8, 4) is 0 Å². The van der Waals surface area contributed by atoms with Crippen LogP contribution in [0.15, 0.2) is 18.5 Å². The number of nitrogens with one attached hydrogen (secondary N) is 1. The summed E-state index contributed by atoms with van der Waals surface area (Å²) in [6.45, 7) is 1.02. The molecule has 1 amide bonds. The summed E-state index contributed by atoms with van der Waals surface area (Å²) in [7, 11) is 1.78. The molecule has 1 fully saturated rings. The zero-order chi connectivity index (χ0) is 17.3. The second kappa shape index (κ2) is 6.29. The van der Waals surface area contributed by atoms with Gasteiger partial charge in [0, 0.05) is 37.9 Å². The van der Waals surface area contributed by atoms with Crippen LogP contribution in [0.4, 0.5) is 13.2 Å². The predicted octanol–water partition coefficient (Wildman–Crippen LogP) is 2.11. The van der Waals surface area contributed by atoms with Crippen molar-refractivity contribution in [1.29, 1.82) is 0 Å². The van der Waals surface area contributed by atoms with Crippen LogP contribution in [0.2, 0.25) is 0 Å². The molecule has 0 saturated carbocycles. The summed E-state index contributed by atoms with van der Waals surface area (Å²) >= 11 is 0. The van der Waals surface area contributed by atoms with E-state index in [2.05, 4.69) is 15.3 Å². The second-order valence-electron chi connectivity index (χ2n) is 6.08. The molecule has 0 spiro atoms. The minimum atomic E-state index is -4.46. The summed E-state index contributed by atoms with van der Waals surface area (Å²) < 4.78 is 39.6. The van der Waals surface area contributed by atoms with Crippen LogP contribution in [0.1, 0.15) is 35.7 Å². The Kier molecular flexibility index (Phi) is 4.33. The highest BCUT2D eigenvalue weighted by atomic mass is 19.4. The minimum absolute atomic E-state index is 0.0386. The van der Waals surface area contributed by atoms with E-state index in [1.54, 1.807) is 29.0 Å². The lowest BCUT2D eigenvalue weighted by Crippen LogP contribution is -2.40. The van der Waals surface area contributed by atoms with Gasteiger partial charge in [0.1, 0.15) is 0 Å². The maximum Gasteiger partial charge on any atom is 0.435 e. The van der Waals surface area contributed by atoms with Crippen LogP contribution in [0.3, 0.4) is 0 Å². The molecule has 1 N–H and O–H groups in total. The van der Waals surface area contributed by atoms with E-state index in [1.165, 1.54) is 0 Å². The quantitative estimate of drug-likeness (QED) is 0.930. The number of amides is 1. The number of aromatic nitrogens is 4. The maximum absolute atomic E-state index is 12.7. The van der Waals surface area contributed by atoms with Crippen LogP contribution >= 0.6 is 0 Å². The number of rotatable bonds is 3. The van der Waals surface area contributed by atoms with Crippen molar-refractivity contribution in [2.45, 2.75) is 31.4 Å². The molecule has 3 heterocycles. The number of aromatic amines is 1. The molecule has 6 nitrogen and oxygen atoms in total. The van der Waals surface area contributed by atoms with Gasteiger partial charge in [-0.15, -0.1) is 0 Å². The van der Waals surface area contributed by atoms with Gasteiger partial charge in [-0.1, -0.05) is 0 Å². The fourth-order valence-electron chi connectivity index (χ4n) is 3.00. The molecule has 1 aliphatic rings. The summed E-state index contributed by atoms with van der Waals surface area (Å²) in [5, 5.41) is 9.84. The molecule has 24 heavy (non-hydrogen) atoms. The Hall–Kier alpha value is -2.32. The van der Waals surface area contributed by atoms with Gasteiger partial charge in [-0.25, -0.2) is 0 Å². The standard InChI is InChI=1S/C15H18F3N5O/c1-22-8-10(7-19-22)5-14(24)23-4-2-3-11(9-23)12-6-13(21-20-12)15(16,17)18/h6-8,11H,2-5,9H2,1H3,(H,20,21)/t11-/m0/s1. The Balaban J connectivity index is 1.65. The Labute approximate surface area is 136 Å². The molecule has 0 bridgehead atoms. The lowest BCUT2D eigenvalue weighted by atomic mass is 9.94. The normalized spacial score (nSPS) is 18.8. The van der Waals surface area contributed by atoms with Crippen LogP contribution in [0.5, 0.6) is 0 Å². The first-order valence-electron chi connectivity index (χ1n) is 7.70. The van der Waals surface area contributed by atoms with E-state index < -0.39 is 11.9 Å². The van der Waals surface area contributed by atoms with Crippen molar-refractivity contribution in [2.24, 2.45) is 7.05 Å². The van der Waals surface area contributed by atoms with E-state index in [0.717, 1.165) is 24.5 Å².